The lowest BCUT2D eigenvalue weighted by Gasteiger charge is -2.36. The number of hydrogen-bond acceptors (Lipinski definition) is 1. The normalized spacial score (nSPS) is 23.4. The minimum atomic E-state index is 0.186. The van der Waals surface area contributed by atoms with E-state index in [1.54, 1.807) is 5.57 Å². The second kappa shape index (κ2) is 6.65. The zero-order valence-electron chi connectivity index (χ0n) is 15.1. The molecule has 124 valence electrons. The molecule has 1 nitrogen and oxygen atoms in total. The van der Waals surface area contributed by atoms with Gasteiger partial charge in [0.25, 0.3) is 0 Å². The Morgan fingerprint density at radius 2 is 1.87 bits per heavy atom. The van der Waals surface area contributed by atoms with Crippen molar-refractivity contribution in [3.05, 3.63) is 52.6 Å². The van der Waals surface area contributed by atoms with Crippen LogP contribution in [0.1, 0.15) is 65.4 Å². The second-order valence-electron chi connectivity index (χ2n) is 7.77. The number of rotatable bonds is 5. The van der Waals surface area contributed by atoms with Gasteiger partial charge in [0.15, 0.2) is 0 Å². The third kappa shape index (κ3) is 3.17. The Morgan fingerprint density at radius 3 is 2.57 bits per heavy atom. The van der Waals surface area contributed by atoms with Crippen LogP contribution in [0.15, 0.2) is 47.1 Å². The summed E-state index contributed by atoms with van der Waals surface area (Å²) >= 11 is 0. The molecule has 3 rings (SSSR count). The average Bonchev–Trinajstić information content (AvgIpc) is 2.91. The molecule has 1 atom stereocenters. The molecular formula is C22H30O. The molecule has 23 heavy (non-hydrogen) atoms. The Morgan fingerprint density at radius 1 is 1.13 bits per heavy atom. The van der Waals surface area contributed by atoms with Gasteiger partial charge in [0, 0.05) is 0 Å². The highest BCUT2D eigenvalue weighted by atomic mass is 16.5. The van der Waals surface area contributed by atoms with Gasteiger partial charge in [-0.1, -0.05) is 75.9 Å². The van der Waals surface area contributed by atoms with Crippen molar-refractivity contribution in [3.8, 4) is 0 Å². The number of ether oxygens (including phenoxy) is 1. The largest absolute Gasteiger partial charge is 0.369 e. The molecule has 0 radical (unpaired) electrons. The van der Waals surface area contributed by atoms with Crippen molar-refractivity contribution in [2.45, 2.75) is 65.9 Å². The van der Waals surface area contributed by atoms with Crippen LogP contribution in [0.3, 0.4) is 0 Å². The van der Waals surface area contributed by atoms with Gasteiger partial charge in [-0.15, -0.1) is 0 Å². The zero-order chi connectivity index (χ0) is 16.4. The third-order valence-corrected chi connectivity index (χ3v) is 5.35. The maximum atomic E-state index is 6.25. The SMILES string of the molecule is CCCCCC1OCC2=C(c3ccccc3)C(C)(C)CC(C)=C21. The van der Waals surface area contributed by atoms with Crippen LogP contribution in [-0.4, -0.2) is 12.7 Å². The van der Waals surface area contributed by atoms with Crippen LogP contribution in [0.5, 0.6) is 0 Å². The van der Waals surface area contributed by atoms with Crippen LogP contribution in [0.4, 0.5) is 0 Å². The zero-order valence-corrected chi connectivity index (χ0v) is 15.1. The topological polar surface area (TPSA) is 9.23 Å². The molecule has 1 aliphatic heterocycles. The molecule has 1 heterocycles. The average molecular weight is 310 g/mol. The fraction of sp³-hybridized carbons (Fsp3) is 0.545. The molecule has 0 N–H and O–H groups in total. The van der Waals surface area contributed by atoms with E-state index < -0.39 is 0 Å². The fourth-order valence-corrected chi connectivity index (χ4v) is 4.51. The van der Waals surface area contributed by atoms with Gasteiger partial charge in [0.2, 0.25) is 0 Å². The van der Waals surface area contributed by atoms with Gasteiger partial charge in [0.1, 0.15) is 0 Å². The molecular weight excluding hydrogens is 280 g/mol. The molecule has 0 spiro atoms. The first-order valence-electron chi connectivity index (χ1n) is 9.15. The first-order valence-corrected chi connectivity index (χ1v) is 9.15. The summed E-state index contributed by atoms with van der Waals surface area (Å²) in [6.45, 7) is 10.1. The molecule has 1 aromatic carbocycles. The van der Waals surface area contributed by atoms with Gasteiger partial charge in [-0.25, -0.2) is 0 Å². The predicted molar refractivity (Wildman–Crippen MR) is 98.3 cm³/mol. The lowest BCUT2D eigenvalue weighted by molar-refractivity contribution is 0.120. The van der Waals surface area contributed by atoms with E-state index in [1.165, 1.54) is 48.0 Å². The highest BCUT2D eigenvalue weighted by Crippen LogP contribution is 2.51. The lowest BCUT2D eigenvalue weighted by Crippen LogP contribution is -2.23. The molecule has 2 aliphatic rings. The fourth-order valence-electron chi connectivity index (χ4n) is 4.51. The van der Waals surface area contributed by atoms with Crippen molar-refractivity contribution in [2.24, 2.45) is 5.41 Å². The summed E-state index contributed by atoms with van der Waals surface area (Å²) in [6.07, 6.45) is 6.50. The highest BCUT2D eigenvalue weighted by Gasteiger charge is 2.39. The summed E-state index contributed by atoms with van der Waals surface area (Å²) in [5.41, 5.74) is 7.62. The summed E-state index contributed by atoms with van der Waals surface area (Å²) in [5.74, 6) is 0. The van der Waals surface area contributed by atoms with E-state index in [-0.39, 0.29) is 5.41 Å². The number of hydrogen-bond donors (Lipinski definition) is 0. The minimum absolute atomic E-state index is 0.186. The number of fused-ring (bicyclic) bond motifs is 1. The Balaban J connectivity index is 2.00. The summed E-state index contributed by atoms with van der Waals surface area (Å²) in [5, 5.41) is 0. The number of unbranched alkanes of at least 4 members (excludes halogenated alkanes) is 2. The van der Waals surface area contributed by atoms with E-state index in [2.05, 4.69) is 58.0 Å². The summed E-state index contributed by atoms with van der Waals surface area (Å²) < 4.78 is 6.25. The van der Waals surface area contributed by atoms with Crippen molar-refractivity contribution in [3.63, 3.8) is 0 Å². The summed E-state index contributed by atoms with van der Waals surface area (Å²) in [6, 6.07) is 10.9. The molecule has 0 amide bonds. The van der Waals surface area contributed by atoms with Crippen molar-refractivity contribution in [1.82, 2.24) is 0 Å². The van der Waals surface area contributed by atoms with E-state index in [1.807, 2.05) is 0 Å². The van der Waals surface area contributed by atoms with Gasteiger partial charge in [-0.3, -0.25) is 0 Å². The monoisotopic (exact) mass is 310 g/mol. The van der Waals surface area contributed by atoms with E-state index >= 15 is 0 Å². The Kier molecular flexibility index (Phi) is 4.77. The highest BCUT2D eigenvalue weighted by molar-refractivity contribution is 5.79. The first kappa shape index (κ1) is 16.5. The number of allylic oxidation sites excluding steroid dienone is 2. The van der Waals surface area contributed by atoms with Gasteiger partial charge in [0.05, 0.1) is 12.7 Å². The Labute approximate surface area is 141 Å². The second-order valence-corrected chi connectivity index (χ2v) is 7.77. The molecule has 1 saturated heterocycles. The van der Waals surface area contributed by atoms with Crippen LogP contribution in [0.2, 0.25) is 0 Å². The standard InChI is InChI=1S/C22H30O/c1-5-6-8-13-19-20-16(2)14-22(3,4)21(18(20)15-23-19)17-11-9-7-10-12-17/h7,9-12,19H,5-6,8,13-15H2,1-4H3. The van der Waals surface area contributed by atoms with E-state index in [0.29, 0.717) is 6.10 Å². The van der Waals surface area contributed by atoms with Crippen molar-refractivity contribution < 1.29 is 4.74 Å². The maximum absolute atomic E-state index is 6.25. The molecule has 1 fully saturated rings. The van der Waals surface area contributed by atoms with E-state index in [9.17, 15) is 0 Å². The third-order valence-electron chi connectivity index (χ3n) is 5.35. The molecule has 1 heteroatoms. The maximum Gasteiger partial charge on any atom is 0.0832 e. The lowest BCUT2D eigenvalue weighted by atomic mass is 9.67. The smallest absolute Gasteiger partial charge is 0.0832 e. The molecule has 0 saturated carbocycles. The van der Waals surface area contributed by atoms with Crippen molar-refractivity contribution in [2.75, 3.05) is 6.61 Å². The molecule has 0 aromatic heterocycles. The van der Waals surface area contributed by atoms with Gasteiger partial charge >= 0.3 is 0 Å². The molecule has 1 aliphatic carbocycles. The van der Waals surface area contributed by atoms with Gasteiger partial charge in [-0.2, -0.15) is 0 Å². The molecule has 1 aromatic rings. The van der Waals surface area contributed by atoms with E-state index in [4.69, 9.17) is 4.74 Å². The van der Waals surface area contributed by atoms with Gasteiger partial charge in [-0.05, 0) is 47.5 Å². The van der Waals surface area contributed by atoms with Gasteiger partial charge < -0.3 is 4.74 Å². The Hall–Kier alpha value is -1.34. The van der Waals surface area contributed by atoms with Crippen LogP contribution >= 0.6 is 0 Å². The molecule has 1 unspecified atom stereocenters. The van der Waals surface area contributed by atoms with Crippen LogP contribution in [0.25, 0.3) is 5.57 Å². The van der Waals surface area contributed by atoms with Crippen LogP contribution in [-0.2, 0) is 4.74 Å². The van der Waals surface area contributed by atoms with Crippen molar-refractivity contribution >= 4 is 5.57 Å². The quantitative estimate of drug-likeness (QED) is 0.591. The van der Waals surface area contributed by atoms with Crippen LogP contribution < -0.4 is 0 Å². The number of benzene rings is 1. The summed E-state index contributed by atoms with van der Waals surface area (Å²) in [4.78, 5) is 0. The Bertz CT molecular complexity index is 619. The summed E-state index contributed by atoms with van der Waals surface area (Å²) in [7, 11) is 0. The predicted octanol–water partition coefficient (Wildman–Crippen LogP) is 6.17. The molecule has 0 bridgehead atoms. The van der Waals surface area contributed by atoms with Crippen molar-refractivity contribution in [1.29, 1.82) is 0 Å². The minimum Gasteiger partial charge on any atom is -0.369 e. The first-order chi connectivity index (χ1) is 11.0. The van der Waals surface area contributed by atoms with E-state index in [0.717, 1.165) is 13.0 Å². The van der Waals surface area contributed by atoms with Crippen LogP contribution in [0, 0.1) is 5.41 Å².